The monoisotopic (exact) mass is 453 g/mol. The standard InChI is InChI=1S/C25H31N3O3S/c1-20-8-10-24(11-9-20)32(29,30)31-19-21-5-4-14-28(18-21)23-12-15-27(16-13-23)25-7-3-2-6-22(25)17-26/h2-3,6-11,21,23H,4-5,12-16,18-19H2,1H3. The molecule has 0 aromatic heterocycles. The van der Waals surface area contributed by atoms with Crippen LogP contribution in [-0.2, 0) is 14.3 Å². The van der Waals surface area contributed by atoms with E-state index in [1.165, 1.54) is 0 Å². The molecule has 0 N–H and O–H groups in total. The average Bonchev–Trinajstić information content (AvgIpc) is 2.83. The predicted molar refractivity (Wildman–Crippen MR) is 125 cm³/mol. The summed E-state index contributed by atoms with van der Waals surface area (Å²) in [5.74, 6) is 0.223. The first-order chi connectivity index (χ1) is 15.5. The van der Waals surface area contributed by atoms with Crippen LogP contribution in [0, 0.1) is 24.2 Å². The van der Waals surface area contributed by atoms with Crippen LogP contribution < -0.4 is 4.90 Å². The molecule has 6 nitrogen and oxygen atoms in total. The highest BCUT2D eigenvalue weighted by molar-refractivity contribution is 7.86. The third-order valence-corrected chi connectivity index (χ3v) is 7.96. The largest absolute Gasteiger partial charge is 0.370 e. The molecule has 32 heavy (non-hydrogen) atoms. The minimum atomic E-state index is -3.71. The Morgan fingerprint density at radius 1 is 1.03 bits per heavy atom. The van der Waals surface area contributed by atoms with Gasteiger partial charge in [-0.2, -0.15) is 13.7 Å². The molecule has 0 bridgehead atoms. The van der Waals surface area contributed by atoms with Crippen LogP contribution in [-0.4, -0.2) is 52.1 Å². The van der Waals surface area contributed by atoms with Gasteiger partial charge in [0.2, 0.25) is 0 Å². The van der Waals surface area contributed by atoms with Gasteiger partial charge in [-0.05, 0) is 69.3 Å². The van der Waals surface area contributed by atoms with E-state index in [0.717, 1.165) is 68.7 Å². The van der Waals surface area contributed by atoms with Gasteiger partial charge in [-0.1, -0.05) is 29.8 Å². The molecule has 1 unspecified atom stereocenters. The maximum absolute atomic E-state index is 12.5. The summed E-state index contributed by atoms with van der Waals surface area (Å²) in [6.45, 7) is 5.97. The molecule has 2 aromatic rings. The Morgan fingerprint density at radius 2 is 1.75 bits per heavy atom. The lowest BCUT2D eigenvalue weighted by molar-refractivity contribution is 0.0849. The van der Waals surface area contributed by atoms with E-state index in [-0.39, 0.29) is 17.4 Å². The lowest BCUT2D eigenvalue weighted by atomic mass is 9.94. The van der Waals surface area contributed by atoms with E-state index in [1.54, 1.807) is 24.3 Å². The number of piperidine rings is 2. The summed E-state index contributed by atoms with van der Waals surface area (Å²) in [6.07, 6.45) is 4.16. The zero-order valence-corrected chi connectivity index (χ0v) is 19.4. The van der Waals surface area contributed by atoms with Gasteiger partial charge in [0, 0.05) is 25.7 Å². The highest BCUT2D eigenvalue weighted by Gasteiger charge is 2.30. The van der Waals surface area contributed by atoms with Crippen molar-refractivity contribution in [3.8, 4) is 6.07 Å². The number of nitriles is 1. The number of para-hydroxylation sites is 1. The number of nitrogens with zero attached hydrogens (tertiary/aromatic N) is 3. The molecule has 0 spiro atoms. The molecule has 2 aliphatic rings. The molecule has 7 heteroatoms. The van der Waals surface area contributed by atoms with Gasteiger partial charge >= 0.3 is 0 Å². The lowest BCUT2D eigenvalue weighted by Gasteiger charge is -2.43. The van der Waals surface area contributed by atoms with Gasteiger partial charge in [0.25, 0.3) is 10.1 Å². The number of aryl methyl sites for hydroxylation is 1. The molecule has 4 rings (SSSR count). The summed E-state index contributed by atoms with van der Waals surface area (Å²) in [5.41, 5.74) is 2.78. The quantitative estimate of drug-likeness (QED) is 0.617. The highest BCUT2D eigenvalue weighted by Crippen LogP contribution is 2.28. The first kappa shape index (κ1) is 22.8. The van der Waals surface area contributed by atoms with E-state index in [2.05, 4.69) is 15.9 Å². The first-order valence-corrected chi connectivity index (χ1v) is 12.8. The van der Waals surface area contributed by atoms with Crippen molar-refractivity contribution in [2.45, 2.75) is 43.5 Å². The van der Waals surface area contributed by atoms with Gasteiger partial charge < -0.3 is 4.90 Å². The average molecular weight is 454 g/mol. The Labute approximate surface area is 191 Å². The van der Waals surface area contributed by atoms with E-state index in [0.29, 0.717) is 6.04 Å². The number of benzene rings is 2. The molecule has 0 saturated carbocycles. The molecule has 2 heterocycles. The molecule has 170 valence electrons. The summed E-state index contributed by atoms with van der Waals surface area (Å²) < 4.78 is 30.5. The van der Waals surface area contributed by atoms with Crippen molar-refractivity contribution in [3.63, 3.8) is 0 Å². The maximum Gasteiger partial charge on any atom is 0.296 e. The Balaban J connectivity index is 1.30. The SMILES string of the molecule is Cc1ccc(S(=O)(=O)OCC2CCCN(C3CCN(c4ccccc4C#N)CC3)C2)cc1. The molecule has 0 aliphatic carbocycles. The van der Waals surface area contributed by atoms with Crippen molar-refractivity contribution >= 4 is 15.8 Å². The van der Waals surface area contributed by atoms with E-state index in [9.17, 15) is 13.7 Å². The van der Waals surface area contributed by atoms with Crippen molar-refractivity contribution in [2.24, 2.45) is 5.92 Å². The maximum atomic E-state index is 12.5. The van der Waals surface area contributed by atoms with Gasteiger partial charge in [-0.3, -0.25) is 9.08 Å². The number of hydrogen-bond acceptors (Lipinski definition) is 6. The van der Waals surface area contributed by atoms with Crippen molar-refractivity contribution in [2.75, 3.05) is 37.7 Å². The molecular weight excluding hydrogens is 422 g/mol. The van der Waals surface area contributed by atoms with Crippen LogP contribution >= 0.6 is 0 Å². The Kier molecular flexibility index (Phi) is 7.14. The Morgan fingerprint density at radius 3 is 2.47 bits per heavy atom. The van der Waals surface area contributed by atoms with Crippen LogP contribution in [0.2, 0.25) is 0 Å². The summed E-state index contributed by atoms with van der Waals surface area (Å²) in [7, 11) is -3.71. The third-order valence-electron chi connectivity index (χ3n) is 6.67. The van der Waals surface area contributed by atoms with E-state index >= 15 is 0 Å². The van der Waals surface area contributed by atoms with Crippen LogP contribution in [0.3, 0.4) is 0 Å². The fraction of sp³-hybridized carbons (Fsp3) is 0.480. The van der Waals surface area contributed by atoms with Gasteiger partial charge in [0.05, 0.1) is 22.8 Å². The number of anilines is 1. The van der Waals surface area contributed by atoms with E-state index in [1.807, 2.05) is 31.2 Å². The van der Waals surface area contributed by atoms with Gasteiger partial charge in [-0.15, -0.1) is 0 Å². The molecule has 1 atom stereocenters. The molecule has 2 aliphatic heterocycles. The molecule has 2 saturated heterocycles. The fourth-order valence-corrected chi connectivity index (χ4v) is 5.82. The number of likely N-dealkylation sites (tertiary alicyclic amines) is 1. The molecule has 0 amide bonds. The van der Waals surface area contributed by atoms with Crippen molar-refractivity contribution < 1.29 is 12.6 Å². The van der Waals surface area contributed by atoms with Crippen molar-refractivity contribution in [3.05, 3.63) is 59.7 Å². The van der Waals surface area contributed by atoms with Gasteiger partial charge in [-0.25, -0.2) is 0 Å². The second kappa shape index (κ2) is 10.0. The van der Waals surface area contributed by atoms with E-state index in [4.69, 9.17) is 4.18 Å². The van der Waals surface area contributed by atoms with Crippen LogP contribution in [0.5, 0.6) is 0 Å². The smallest absolute Gasteiger partial charge is 0.296 e. The summed E-state index contributed by atoms with van der Waals surface area (Å²) in [5, 5.41) is 9.39. The summed E-state index contributed by atoms with van der Waals surface area (Å²) in [4.78, 5) is 5.05. The van der Waals surface area contributed by atoms with Crippen LogP contribution in [0.1, 0.15) is 36.8 Å². The topological polar surface area (TPSA) is 73.6 Å². The first-order valence-electron chi connectivity index (χ1n) is 11.4. The normalized spacial score (nSPS) is 20.8. The highest BCUT2D eigenvalue weighted by atomic mass is 32.2. The lowest BCUT2D eigenvalue weighted by Crippen LogP contribution is -2.49. The number of rotatable bonds is 6. The van der Waals surface area contributed by atoms with Gasteiger partial charge in [0.1, 0.15) is 6.07 Å². The second-order valence-corrected chi connectivity index (χ2v) is 10.5. The van der Waals surface area contributed by atoms with E-state index < -0.39 is 10.1 Å². The van der Waals surface area contributed by atoms with Crippen molar-refractivity contribution in [1.82, 2.24) is 4.90 Å². The van der Waals surface area contributed by atoms with Crippen LogP contribution in [0.25, 0.3) is 0 Å². The Bertz CT molecular complexity index is 1050. The van der Waals surface area contributed by atoms with Gasteiger partial charge in [0.15, 0.2) is 0 Å². The minimum Gasteiger partial charge on any atom is -0.370 e. The van der Waals surface area contributed by atoms with Crippen molar-refractivity contribution in [1.29, 1.82) is 5.26 Å². The molecule has 2 fully saturated rings. The molecule has 2 aromatic carbocycles. The van der Waals surface area contributed by atoms with Crippen LogP contribution in [0.15, 0.2) is 53.4 Å². The Hall–Kier alpha value is -2.40. The number of hydrogen-bond donors (Lipinski definition) is 0. The summed E-state index contributed by atoms with van der Waals surface area (Å²) >= 11 is 0. The second-order valence-electron chi connectivity index (χ2n) is 8.90. The van der Waals surface area contributed by atoms with Crippen LogP contribution in [0.4, 0.5) is 5.69 Å². The molecular formula is C25H31N3O3S. The zero-order chi connectivity index (χ0) is 22.6. The zero-order valence-electron chi connectivity index (χ0n) is 18.6. The third kappa shape index (κ3) is 5.32. The predicted octanol–water partition coefficient (Wildman–Crippen LogP) is 3.95. The summed E-state index contributed by atoms with van der Waals surface area (Å²) in [6, 6.07) is 17.4. The fourth-order valence-electron chi connectivity index (χ4n) is 4.84. The molecule has 0 radical (unpaired) electrons. The minimum absolute atomic E-state index is 0.223.